The standard InChI is InChI=1S/C20H21BrF3NO/c21-18-11-15(10-17(12-18)20(22,23)24)13-26-14-19(6-8-25-9-7-19)16-4-2-1-3-5-16/h1-5,10-12,25H,6-9,13-14H2. The molecule has 3 rings (SSSR count). The first kappa shape index (κ1) is 19.4. The van der Waals surface area contributed by atoms with Crippen molar-refractivity contribution in [2.45, 2.75) is 31.0 Å². The molecule has 1 heterocycles. The molecule has 2 aromatic carbocycles. The van der Waals surface area contributed by atoms with Crippen LogP contribution in [0.15, 0.2) is 53.0 Å². The van der Waals surface area contributed by atoms with Crippen molar-refractivity contribution in [2.75, 3.05) is 19.7 Å². The van der Waals surface area contributed by atoms with Gasteiger partial charge in [-0.05, 0) is 55.3 Å². The van der Waals surface area contributed by atoms with Crippen molar-refractivity contribution >= 4 is 15.9 Å². The van der Waals surface area contributed by atoms with Gasteiger partial charge in [0.15, 0.2) is 0 Å². The number of benzene rings is 2. The molecule has 0 saturated carbocycles. The lowest BCUT2D eigenvalue weighted by molar-refractivity contribution is -0.137. The van der Waals surface area contributed by atoms with Gasteiger partial charge in [0, 0.05) is 9.89 Å². The Morgan fingerprint density at radius 1 is 1.04 bits per heavy atom. The molecule has 1 aliphatic rings. The van der Waals surface area contributed by atoms with Crippen LogP contribution in [0.4, 0.5) is 13.2 Å². The summed E-state index contributed by atoms with van der Waals surface area (Å²) in [4.78, 5) is 0. The van der Waals surface area contributed by atoms with Gasteiger partial charge in [-0.1, -0.05) is 46.3 Å². The van der Waals surface area contributed by atoms with Crippen LogP contribution in [0.1, 0.15) is 29.5 Å². The summed E-state index contributed by atoms with van der Waals surface area (Å²) in [7, 11) is 0. The normalized spacial score (nSPS) is 17.2. The highest BCUT2D eigenvalue weighted by molar-refractivity contribution is 9.10. The van der Waals surface area contributed by atoms with Crippen LogP contribution in [0, 0.1) is 0 Å². The van der Waals surface area contributed by atoms with Gasteiger partial charge in [0.05, 0.1) is 18.8 Å². The number of nitrogens with one attached hydrogen (secondary N) is 1. The van der Waals surface area contributed by atoms with E-state index in [4.69, 9.17) is 4.74 Å². The van der Waals surface area contributed by atoms with Crippen molar-refractivity contribution in [3.63, 3.8) is 0 Å². The van der Waals surface area contributed by atoms with E-state index in [0.717, 1.165) is 38.1 Å². The molecule has 0 amide bonds. The van der Waals surface area contributed by atoms with E-state index in [0.29, 0.717) is 16.6 Å². The molecule has 26 heavy (non-hydrogen) atoms. The Bertz CT molecular complexity index is 728. The number of hydrogen-bond acceptors (Lipinski definition) is 2. The Labute approximate surface area is 159 Å². The van der Waals surface area contributed by atoms with Gasteiger partial charge in [0.25, 0.3) is 0 Å². The Hall–Kier alpha value is -1.37. The highest BCUT2D eigenvalue weighted by atomic mass is 79.9. The van der Waals surface area contributed by atoms with Gasteiger partial charge in [-0.25, -0.2) is 0 Å². The predicted octanol–water partition coefficient (Wildman–Crippen LogP) is 5.31. The molecular weight excluding hydrogens is 407 g/mol. The van der Waals surface area contributed by atoms with E-state index in [9.17, 15) is 13.2 Å². The van der Waals surface area contributed by atoms with Gasteiger partial charge in [-0.2, -0.15) is 13.2 Å². The zero-order chi connectivity index (χ0) is 18.6. The molecule has 0 unspecified atom stereocenters. The lowest BCUT2D eigenvalue weighted by atomic mass is 9.74. The summed E-state index contributed by atoms with van der Waals surface area (Å²) >= 11 is 3.16. The molecule has 1 aliphatic heterocycles. The number of halogens is 4. The van der Waals surface area contributed by atoms with E-state index in [2.05, 4.69) is 33.4 Å². The van der Waals surface area contributed by atoms with Gasteiger partial charge < -0.3 is 10.1 Å². The van der Waals surface area contributed by atoms with Gasteiger partial charge >= 0.3 is 6.18 Å². The topological polar surface area (TPSA) is 21.3 Å². The van der Waals surface area contributed by atoms with Crippen molar-refractivity contribution < 1.29 is 17.9 Å². The fraction of sp³-hybridized carbons (Fsp3) is 0.400. The second-order valence-corrected chi connectivity index (χ2v) is 7.65. The third-order valence-electron chi connectivity index (χ3n) is 4.88. The molecule has 0 aromatic heterocycles. The maximum Gasteiger partial charge on any atom is 0.416 e. The van der Waals surface area contributed by atoms with Crippen LogP contribution in [-0.4, -0.2) is 19.7 Å². The lowest BCUT2D eigenvalue weighted by Gasteiger charge is -2.38. The Morgan fingerprint density at radius 3 is 2.38 bits per heavy atom. The van der Waals surface area contributed by atoms with E-state index in [1.165, 1.54) is 5.56 Å². The SMILES string of the molecule is FC(F)(F)c1cc(Br)cc(COCC2(c3ccccc3)CCNCC2)c1. The summed E-state index contributed by atoms with van der Waals surface area (Å²) in [6.45, 7) is 2.47. The van der Waals surface area contributed by atoms with Crippen LogP contribution in [0.2, 0.25) is 0 Å². The molecule has 1 N–H and O–H groups in total. The molecule has 1 fully saturated rings. The fourth-order valence-electron chi connectivity index (χ4n) is 3.48. The van der Waals surface area contributed by atoms with Crippen LogP contribution in [-0.2, 0) is 22.9 Å². The third kappa shape index (κ3) is 4.67. The van der Waals surface area contributed by atoms with Crippen LogP contribution in [0.3, 0.4) is 0 Å². The third-order valence-corrected chi connectivity index (χ3v) is 5.34. The minimum Gasteiger partial charge on any atom is -0.376 e. The number of alkyl halides is 3. The maximum absolute atomic E-state index is 13.0. The summed E-state index contributed by atoms with van der Waals surface area (Å²) in [5, 5.41) is 3.36. The van der Waals surface area contributed by atoms with Gasteiger partial charge in [0.2, 0.25) is 0 Å². The van der Waals surface area contributed by atoms with Crippen molar-refractivity contribution in [1.82, 2.24) is 5.32 Å². The molecular formula is C20H21BrF3NO. The molecule has 6 heteroatoms. The largest absolute Gasteiger partial charge is 0.416 e. The first-order chi connectivity index (χ1) is 12.4. The Balaban J connectivity index is 1.72. The molecule has 0 atom stereocenters. The quantitative estimate of drug-likeness (QED) is 0.698. The average molecular weight is 428 g/mol. The molecule has 0 aliphatic carbocycles. The Morgan fingerprint density at radius 2 is 1.73 bits per heavy atom. The van der Waals surface area contributed by atoms with Crippen LogP contribution in [0.25, 0.3) is 0 Å². The monoisotopic (exact) mass is 427 g/mol. The van der Waals surface area contributed by atoms with Crippen molar-refractivity contribution in [1.29, 1.82) is 0 Å². The number of ether oxygens (including phenoxy) is 1. The summed E-state index contributed by atoms with van der Waals surface area (Å²) in [6, 6.07) is 14.1. The number of piperidine rings is 1. The summed E-state index contributed by atoms with van der Waals surface area (Å²) < 4.78 is 45.3. The molecule has 2 aromatic rings. The van der Waals surface area contributed by atoms with Crippen LogP contribution >= 0.6 is 15.9 Å². The van der Waals surface area contributed by atoms with Crippen molar-refractivity contribution in [3.8, 4) is 0 Å². The molecule has 0 spiro atoms. The minimum absolute atomic E-state index is 0.0919. The molecule has 1 saturated heterocycles. The summed E-state index contributed by atoms with van der Waals surface area (Å²) in [5.74, 6) is 0. The molecule has 0 radical (unpaired) electrons. The highest BCUT2D eigenvalue weighted by Gasteiger charge is 2.34. The van der Waals surface area contributed by atoms with E-state index in [1.54, 1.807) is 6.07 Å². The first-order valence-corrected chi connectivity index (χ1v) is 9.39. The van der Waals surface area contributed by atoms with Gasteiger partial charge in [-0.3, -0.25) is 0 Å². The first-order valence-electron chi connectivity index (χ1n) is 8.60. The minimum atomic E-state index is -4.36. The average Bonchev–Trinajstić information content (AvgIpc) is 2.62. The molecule has 140 valence electrons. The smallest absolute Gasteiger partial charge is 0.376 e. The predicted molar refractivity (Wildman–Crippen MR) is 99.0 cm³/mol. The summed E-state index contributed by atoms with van der Waals surface area (Å²) in [6.07, 6.45) is -2.47. The lowest BCUT2D eigenvalue weighted by Crippen LogP contribution is -2.43. The van der Waals surface area contributed by atoms with E-state index in [-0.39, 0.29) is 12.0 Å². The molecule has 0 bridgehead atoms. The van der Waals surface area contributed by atoms with Gasteiger partial charge in [-0.15, -0.1) is 0 Å². The van der Waals surface area contributed by atoms with Crippen LogP contribution < -0.4 is 5.32 Å². The highest BCUT2D eigenvalue weighted by Crippen LogP contribution is 2.35. The summed E-state index contributed by atoms with van der Waals surface area (Å²) in [5.41, 5.74) is 0.992. The fourth-order valence-corrected chi connectivity index (χ4v) is 4.02. The van der Waals surface area contributed by atoms with Crippen molar-refractivity contribution in [2.24, 2.45) is 0 Å². The zero-order valence-corrected chi connectivity index (χ0v) is 15.9. The zero-order valence-electron chi connectivity index (χ0n) is 14.3. The number of rotatable bonds is 5. The maximum atomic E-state index is 13.0. The van der Waals surface area contributed by atoms with E-state index >= 15 is 0 Å². The van der Waals surface area contributed by atoms with Crippen LogP contribution in [0.5, 0.6) is 0 Å². The van der Waals surface area contributed by atoms with Gasteiger partial charge in [0.1, 0.15) is 0 Å². The van der Waals surface area contributed by atoms with E-state index in [1.807, 2.05) is 18.2 Å². The van der Waals surface area contributed by atoms with E-state index < -0.39 is 11.7 Å². The second kappa shape index (κ2) is 8.11. The van der Waals surface area contributed by atoms with Crippen molar-refractivity contribution in [3.05, 3.63) is 69.7 Å². The second-order valence-electron chi connectivity index (χ2n) is 6.74. The Kier molecular flexibility index (Phi) is 6.05. The molecule has 2 nitrogen and oxygen atoms in total. The number of hydrogen-bond donors (Lipinski definition) is 1.